The maximum absolute atomic E-state index is 5.88. The molecule has 1 rings (SSSR count). The van der Waals surface area contributed by atoms with Gasteiger partial charge < -0.3 is 10.5 Å². The van der Waals surface area contributed by atoms with Gasteiger partial charge >= 0.3 is 0 Å². The molecule has 0 aliphatic rings. The van der Waals surface area contributed by atoms with E-state index >= 15 is 0 Å². The highest BCUT2D eigenvalue weighted by atomic mass is 16.5. The van der Waals surface area contributed by atoms with Crippen molar-refractivity contribution in [1.82, 2.24) is 0 Å². The zero-order valence-electron chi connectivity index (χ0n) is 12.5. The van der Waals surface area contributed by atoms with Crippen LogP contribution in [-0.4, -0.2) is 12.6 Å². The van der Waals surface area contributed by atoms with Gasteiger partial charge in [-0.05, 0) is 37.4 Å². The van der Waals surface area contributed by atoms with Crippen LogP contribution in [0.5, 0.6) is 0 Å². The van der Waals surface area contributed by atoms with E-state index in [0.717, 1.165) is 13.0 Å². The molecule has 0 saturated heterocycles. The van der Waals surface area contributed by atoms with Gasteiger partial charge in [0.2, 0.25) is 0 Å². The van der Waals surface area contributed by atoms with Gasteiger partial charge in [-0.15, -0.1) is 0 Å². The molecule has 0 aliphatic heterocycles. The highest BCUT2D eigenvalue weighted by Gasteiger charge is 2.02. The van der Waals surface area contributed by atoms with Gasteiger partial charge in [-0.1, -0.05) is 56.9 Å². The van der Waals surface area contributed by atoms with E-state index in [4.69, 9.17) is 10.5 Å². The zero-order valence-corrected chi connectivity index (χ0v) is 12.5. The van der Waals surface area contributed by atoms with Crippen LogP contribution in [0.2, 0.25) is 0 Å². The Bertz CT molecular complexity index is 321. The first-order chi connectivity index (χ1) is 9.26. The molecule has 19 heavy (non-hydrogen) atoms. The fourth-order valence-electron chi connectivity index (χ4n) is 2.15. The normalized spacial score (nSPS) is 12.6. The second-order valence-electron chi connectivity index (χ2n) is 5.33. The summed E-state index contributed by atoms with van der Waals surface area (Å²) in [5.41, 5.74) is 8.10. The standard InChI is InChI=1S/C17H29NO/c1-3-4-5-6-7-15(2)19-14-17-10-8-16(9-11-17)12-13-18/h8-11,15H,3-7,12-14,18H2,1-2H3. The number of hydrogen-bond donors (Lipinski definition) is 1. The fraction of sp³-hybridized carbons (Fsp3) is 0.647. The lowest BCUT2D eigenvalue weighted by atomic mass is 10.1. The van der Waals surface area contributed by atoms with Crippen molar-refractivity contribution >= 4 is 0 Å². The molecule has 2 heteroatoms. The molecule has 1 aromatic carbocycles. The predicted molar refractivity (Wildman–Crippen MR) is 82.2 cm³/mol. The van der Waals surface area contributed by atoms with Crippen LogP contribution >= 0.6 is 0 Å². The van der Waals surface area contributed by atoms with Crippen LogP contribution in [0, 0.1) is 0 Å². The maximum Gasteiger partial charge on any atom is 0.0720 e. The third kappa shape index (κ3) is 7.34. The third-order valence-corrected chi connectivity index (χ3v) is 3.45. The molecule has 1 unspecified atom stereocenters. The molecule has 2 N–H and O–H groups in total. The first kappa shape index (κ1) is 16.2. The molecular formula is C17H29NO. The smallest absolute Gasteiger partial charge is 0.0720 e. The molecule has 1 atom stereocenters. The van der Waals surface area contributed by atoms with Crippen LogP contribution in [0.3, 0.4) is 0 Å². The largest absolute Gasteiger partial charge is 0.374 e. The Kier molecular flexibility index (Phi) is 8.52. The zero-order chi connectivity index (χ0) is 13.9. The highest BCUT2D eigenvalue weighted by Crippen LogP contribution is 2.11. The third-order valence-electron chi connectivity index (χ3n) is 3.45. The highest BCUT2D eigenvalue weighted by molar-refractivity contribution is 5.22. The minimum atomic E-state index is 0.362. The van der Waals surface area contributed by atoms with Gasteiger partial charge in [0.05, 0.1) is 12.7 Å². The molecule has 0 radical (unpaired) electrons. The van der Waals surface area contributed by atoms with Gasteiger partial charge in [0, 0.05) is 0 Å². The van der Waals surface area contributed by atoms with Crippen molar-refractivity contribution in [2.45, 2.75) is 65.1 Å². The van der Waals surface area contributed by atoms with Crippen LogP contribution < -0.4 is 5.73 Å². The van der Waals surface area contributed by atoms with Crippen molar-refractivity contribution in [3.63, 3.8) is 0 Å². The molecule has 0 aliphatic carbocycles. The average molecular weight is 263 g/mol. The summed E-state index contributed by atoms with van der Waals surface area (Å²) in [7, 11) is 0. The maximum atomic E-state index is 5.88. The Morgan fingerprint density at radius 2 is 1.74 bits per heavy atom. The van der Waals surface area contributed by atoms with Crippen LogP contribution in [0.15, 0.2) is 24.3 Å². The topological polar surface area (TPSA) is 35.2 Å². The van der Waals surface area contributed by atoms with Gasteiger partial charge in [-0.25, -0.2) is 0 Å². The number of benzene rings is 1. The van der Waals surface area contributed by atoms with Gasteiger partial charge in [0.15, 0.2) is 0 Å². The fourth-order valence-corrected chi connectivity index (χ4v) is 2.15. The summed E-state index contributed by atoms with van der Waals surface area (Å²) in [6.07, 6.45) is 7.74. The summed E-state index contributed by atoms with van der Waals surface area (Å²) < 4.78 is 5.88. The van der Waals surface area contributed by atoms with Crippen LogP contribution in [0.25, 0.3) is 0 Å². The van der Waals surface area contributed by atoms with Crippen molar-refractivity contribution in [3.8, 4) is 0 Å². The molecule has 0 saturated carbocycles. The van der Waals surface area contributed by atoms with E-state index in [0.29, 0.717) is 12.6 Å². The minimum Gasteiger partial charge on any atom is -0.374 e. The van der Waals surface area contributed by atoms with Gasteiger partial charge in [0.1, 0.15) is 0 Å². The Morgan fingerprint density at radius 1 is 1.05 bits per heavy atom. The van der Waals surface area contributed by atoms with Gasteiger partial charge in [-0.2, -0.15) is 0 Å². The lowest BCUT2D eigenvalue weighted by Crippen LogP contribution is -2.08. The summed E-state index contributed by atoms with van der Waals surface area (Å²) in [6.45, 7) is 5.85. The first-order valence-corrected chi connectivity index (χ1v) is 7.65. The Morgan fingerprint density at radius 3 is 2.37 bits per heavy atom. The van der Waals surface area contributed by atoms with Gasteiger partial charge in [-0.3, -0.25) is 0 Å². The molecule has 0 amide bonds. The lowest BCUT2D eigenvalue weighted by molar-refractivity contribution is 0.0459. The number of hydrogen-bond acceptors (Lipinski definition) is 2. The van der Waals surface area contributed by atoms with Crippen molar-refractivity contribution in [3.05, 3.63) is 35.4 Å². The summed E-state index contributed by atoms with van der Waals surface area (Å²) in [4.78, 5) is 0. The summed E-state index contributed by atoms with van der Waals surface area (Å²) >= 11 is 0. The second kappa shape index (κ2) is 9.99. The molecule has 0 spiro atoms. The van der Waals surface area contributed by atoms with Crippen molar-refractivity contribution in [2.24, 2.45) is 5.73 Å². The predicted octanol–water partition coefficient (Wildman–Crippen LogP) is 4.06. The molecule has 0 bridgehead atoms. The minimum absolute atomic E-state index is 0.362. The molecule has 1 aromatic rings. The number of nitrogens with two attached hydrogens (primary N) is 1. The summed E-state index contributed by atoms with van der Waals surface area (Å²) in [6, 6.07) is 8.60. The average Bonchev–Trinajstić information content (AvgIpc) is 2.43. The van der Waals surface area contributed by atoms with E-state index in [1.165, 1.54) is 43.2 Å². The van der Waals surface area contributed by atoms with E-state index < -0.39 is 0 Å². The van der Waals surface area contributed by atoms with Crippen LogP contribution in [0.1, 0.15) is 57.1 Å². The monoisotopic (exact) mass is 263 g/mol. The van der Waals surface area contributed by atoms with Crippen LogP contribution in [0.4, 0.5) is 0 Å². The van der Waals surface area contributed by atoms with E-state index in [9.17, 15) is 0 Å². The SMILES string of the molecule is CCCCCCC(C)OCc1ccc(CCN)cc1. The molecule has 2 nitrogen and oxygen atoms in total. The summed E-state index contributed by atoms with van der Waals surface area (Å²) in [5, 5.41) is 0. The van der Waals surface area contributed by atoms with Crippen molar-refractivity contribution < 1.29 is 4.74 Å². The van der Waals surface area contributed by atoms with E-state index in [1.807, 2.05) is 0 Å². The van der Waals surface area contributed by atoms with E-state index in [1.54, 1.807) is 0 Å². The Balaban J connectivity index is 2.20. The number of rotatable bonds is 10. The van der Waals surface area contributed by atoms with Crippen molar-refractivity contribution in [2.75, 3.05) is 6.54 Å². The van der Waals surface area contributed by atoms with Gasteiger partial charge in [0.25, 0.3) is 0 Å². The van der Waals surface area contributed by atoms with Crippen LogP contribution in [-0.2, 0) is 17.8 Å². The number of unbranched alkanes of at least 4 members (excludes halogenated alkanes) is 3. The van der Waals surface area contributed by atoms with Crippen molar-refractivity contribution in [1.29, 1.82) is 0 Å². The molecule has 0 heterocycles. The molecule has 0 aromatic heterocycles. The summed E-state index contributed by atoms with van der Waals surface area (Å²) in [5.74, 6) is 0. The quantitative estimate of drug-likeness (QED) is 0.646. The van der Waals surface area contributed by atoms with E-state index in [-0.39, 0.29) is 0 Å². The lowest BCUT2D eigenvalue weighted by Gasteiger charge is -2.13. The van der Waals surface area contributed by atoms with E-state index in [2.05, 4.69) is 38.1 Å². The molecular weight excluding hydrogens is 234 g/mol. The molecule has 0 fully saturated rings. The second-order valence-corrected chi connectivity index (χ2v) is 5.33. The Hall–Kier alpha value is -0.860. The molecule has 108 valence electrons. The number of ether oxygens (including phenoxy) is 1. The first-order valence-electron chi connectivity index (χ1n) is 7.65. The Labute approximate surface area is 118 Å².